The summed E-state index contributed by atoms with van der Waals surface area (Å²) in [6, 6.07) is 2.14. The second-order valence-corrected chi connectivity index (χ2v) is 6.22. The quantitative estimate of drug-likeness (QED) is 0.879. The molecule has 0 saturated carbocycles. The number of rotatable bonds is 1. The molecular formula is C12H12BrN3S. The van der Waals surface area contributed by atoms with Gasteiger partial charge in [0.2, 0.25) is 0 Å². The van der Waals surface area contributed by atoms with Crippen molar-refractivity contribution >= 4 is 32.4 Å². The lowest BCUT2D eigenvalue weighted by atomic mass is 9.87. The first-order chi connectivity index (χ1) is 8.24. The number of nitrogens with two attached hydrogens (primary N) is 1. The topological polar surface area (TPSA) is 51.8 Å². The summed E-state index contributed by atoms with van der Waals surface area (Å²) in [6.45, 7) is 0. The van der Waals surface area contributed by atoms with Gasteiger partial charge in [-0.15, -0.1) is 11.3 Å². The minimum absolute atomic E-state index is 0.415. The van der Waals surface area contributed by atoms with Gasteiger partial charge >= 0.3 is 0 Å². The molecule has 88 valence electrons. The van der Waals surface area contributed by atoms with Crippen molar-refractivity contribution in [1.82, 2.24) is 9.97 Å². The highest BCUT2D eigenvalue weighted by atomic mass is 79.9. The molecule has 3 rings (SSSR count). The minimum Gasteiger partial charge on any atom is -0.375 e. The van der Waals surface area contributed by atoms with E-state index in [2.05, 4.69) is 32.0 Å². The number of hydrogen-bond acceptors (Lipinski definition) is 4. The lowest BCUT2D eigenvalue weighted by Gasteiger charge is -2.21. The van der Waals surface area contributed by atoms with Crippen LogP contribution in [0.4, 0.5) is 5.13 Å². The number of anilines is 1. The van der Waals surface area contributed by atoms with Gasteiger partial charge in [0, 0.05) is 27.7 Å². The van der Waals surface area contributed by atoms with Crippen molar-refractivity contribution in [1.29, 1.82) is 0 Å². The number of hydrogen-bond donors (Lipinski definition) is 1. The van der Waals surface area contributed by atoms with E-state index in [4.69, 9.17) is 5.73 Å². The molecule has 2 N–H and O–H groups in total. The number of halogens is 1. The summed E-state index contributed by atoms with van der Waals surface area (Å²) in [5.41, 5.74) is 8.25. The molecule has 0 bridgehead atoms. The highest BCUT2D eigenvalue weighted by Crippen LogP contribution is 2.40. The van der Waals surface area contributed by atoms with Gasteiger partial charge in [0.15, 0.2) is 5.13 Å². The third kappa shape index (κ3) is 2.09. The van der Waals surface area contributed by atoms with Crippen LogP contribution < -0.4 is 5.73 Å². The van der Waals surface area contributed by atoms with Crippen LogP contribution in [0.3, 0.4) is 0 Å². The van der Waals surface area contributed by atoms with Gasteiger partial charge in [0.1, 0.15) is 0 Å². The largest absolute Gasteiger partial charge is 0.375 e. The molecule has 2 heterocycles. The van der Waals surface area contributed by atoms with Gasteiger partial charge in [0.25, 0.3) is 0 Å². The highest BCUT2D eigenvalue weighted by Gasteiger charge is 2.25. The van der Waals surface area contributed by atoms with Crippen LogP contribution in [-0.4, -0.2) is 9.97 Å². The Morgan fingerprint density at radius 3 is 3.12 bits per heavy atom. The Morgan fingerprint density at radius 1 is 1.41 bits per heavy atom. The lowest BCUT2D eigenvalue weighted by molar-refractivity contribution is 0.615. The van der Waals surface area contributed by atoms with E-state index in [1.165, 1.54) is 22.6 Å². The van der Waals surface area contributed by atoms with Crippen molar-refractivity contribution < 1.29 is 0 Å². The maximum atomic E-state index is 5.81. The van der Waals surface area contributed by atoms with E-state index in [-0.39, 0.29) is 0 Å². The fourth-order valence-corrected chi connectivity index (χ4v) is 3.80. The van der Waals surface area contributed by atoms with E-state index in [0.29, 0.717) is 11.0 Å². The molecule has 3 nitrogen and oxygen atoms in total. The van der Waals surface area contributed by atoms with E-state index < -0.39 is 0 Å². The monoisotopic (exact) mass is 309 g/mol. The first-order valence-corrected chi connectivity index (χ1v) is 7.20. The Balaban J connectivity index is 2.05. The van der Waals surface area contributed by atoms with E-state index in [1.807, 2.05) is 12.4 Å². The van der Waals surface area contributed by atoms with Crippen LogP contribution in [0.5, 0.6) is 0 Å². The van der Waals surface area contributed by atoms with Gasteiger partial charge in [-0.2, -0.15) is 0 Å². The van der Waals surface area contributed by atoms with Crippen molar-refractivity contribution in [3.05, 3.63) is 39.1 Å². The second-order valence-electron chi connectivity index (χ2n) is 4.24. The molecule has 1 atom stereocenters. The Bertz CT molecular complexity index is 552. The molecule has 1 aliphatic carbocycles. The van der Waals surface area contributed by atoms with Gasteiger partial charge in [0.05, 0.1) is 5.69 Å². The molecule has 1 unspecified atom stereocenters. The molecule has 0 radical (unpaired) electrons. The first kappa shape index (κ1) is 11.2. The SMILES string of the molecule is Nc1nc2c(s1)C(c1cncc(Br)c1)CCC2. The fraction of sp³-hybridized carbons (Fsp3) is 0.333. The van der Waals surface area contributed by atoms with E-state index in [9.17, 15) is 0 Å². The van der Waals surface area contributed by atoms with Crippen LogP contribution in [-0.2, 0) is 6.42 Å². The molecule has 0 aromatic carbocycles. The Labute approximate surface area is 112 Å². The molecule has 0 saturated heterocycles. The van der Waals surface area contributed by atoms with Crippen molar-refractivity contribution in [3.63, 3.8) is 0 Å². The molecule has 2 aromatic heterocycles. The Morgan fingerprint density at radius 2 is 2.29 bits per heavy atom. The molecule has 0 aliphatic heterocycles. The van der Waals surface area contributed by atoms with Crippen LogP contribution in [0, 0.1) is 0 Å². The molecule has 17 heavy (non-hydrogen) atoms. The fourth-order valence-electron chi connectivity index (χ4n) is 2.38. The van der Waals surface area contributed by atoms with Crippen LogP contribution in [0.15, 0.2) is 22.9 Å². The van der Waals surface area contributed by atoms with Crippen LogP contribution in [0.2, 0.25) is 0 Å². The summed E-state index contributed by atoms with van der Waals surface area (Å²) >= 11 is 5.10. The summed E-state index contributed by atoms with van der Waals surface area (Å²) in [6.07, 6.45) is 7.15. The lowest BCUT2D eigenvalue weighted by Crippen LogP contribution is -2.09. The summed E-state index contributed by atoms with van der Waals surface area (Å²) in [5, 5.41) is 0.685. The average Bonchev–Trinajstić information content (AvgIpc) is 2.68. The summed E-state index contributed by atoms with van der Waals surface area (Å²) in [4.78, 5) is 9.99. The van der Waals surface area contributed by atoms with Crippen LogP contribution in [0.1, 0.15) is 34.9 Å². The standard InChI is InChI=1S/C12H12BrN3S/c13-8-4-7(5-15-6-8)9-2-1-3-10-11(9)17-12(14)16-10/h4-6,9H,1-3H2,(H2,14,16). The molecular weight excluding hydrogens is 298 g/mol. The number of aromatic nitrogens is 2. The van der Waals surface area contributed by atoms with Crippen molar-refractivity contribution in [2.75, 3.05) is 5.73 Å². The van der Waals surface area contributed by atoms with E-state index >= 15 is 0 Å². The predicted octanol–water partition coefficient (Wildman–Crippen LogP) is 3.35. The zero-order chi connectivity index (χ0) is 11.8. The second kappa shape index (κ2) is 4.38. The molecule has 0 fully saturated rings. The van der Waals surface area contributed by atoms with Crippen LogP contribution in [0.25, 0.3) is 0 Å². The van der Waals surface area contributed by atoms with E-state index in [1.54, 1.807) is 11.3 Å². The molecule has 5 heteroatoms. The first-order valence-electron chi connectivity index (χ1n) is 5.59. The average molecular weight is 310 g/mol. The number of fused-ring (bicyclic) bond motifs is 1. The smallest absolute Gasteiger partial charge is 0.180 e. The highest BCUT2D eigenvalue weighted by molar-refractivity contribution is 9.10. The molecule has 0 spiro atoms. The van der Waals surface area contributed by atoms with Crippen LogP contribution >= 0.6 is 27.3 Å². The maximum Gasteiger partial charge on any atom is 0.180 e. The van der Waals surface area contributed by atoms with Crippen molar-refractivity contribution in [2.45, 2.75) is 25.2 Å². The van der Waals surface area contributed by atoms with Crippen molar-refractivity contribution in [2.24, 2.45) is 0 Å². The van der Waals surface area contributed by atoms with Gasteiger partial charge in [-0.1, -0.05) is 0 Å². The molecule has 0 amide bonds. The number of aryl methyl sites for hydroxylation is 1. The van der Waals surface area contributed by atoms with Gasteiger partial charge in [-0.25, -0.2) is 4.98 Å². The normalized spacial score (nSPS) is 19.0. The Kier molecular flexibility index (Phi) is 2.88. The molecule has 2 aromatic rings. The predicted molar refractivity (Wildman–Crippen MR) is 73.2 cm³/mol. The maximum absolute atomic E-state index is 5.81. The van der Waals surface area contributed by atoms with Gasteiger partial charge < -0.3 is 5.73 Å². The molecule has 1 aliphatic rings. The zero-order valence-electron chi connectivity index (χ0n) is 9.19. The van der Waals surface area contributed by atoms with Crippen molar-refractivity contribution in [3.8, 4) is 0 Å². The number of pyridine rings is 1. The third-order valence-corrected chi connectivity index (χ3v) is 4.57. The number of thiazole rings is 1. The summed E-state index contributed by atoms with van der Waals surface area (Å²) in [5.74, 6) is 0.415. The van der Waals surface area contributed by atoms with Gasteiger partial charge in [-0.3, -0.25) is 4.98 Å². The summed E-state index contributed by atoms with van der Waals surface area (Å²) < 4.78 is 1.03. The Hall–Kier alpha value is -0.940. The van der Waals surface area contributed by atoms with Gasteiger partial charge in [-0.05, 0) is 46.8 Å². The third-order valence-electron chi connectivity index (χ3n) is 3.10. The summed E-state index contributed by atoms with van der Waals surface area (Å²) in [7, 11) is 0. The number of nitrogens with zero attached hydrogens (tertiary/aromatic N) is 2. The number of nitrogen functional groups attached to an aromatic ring is 1. The van der Waals surface area contributed by atoms with E-state index in [0.717, 1.165) is 17.3 Å². The minimum atomic E-state index is 0.415. The zero-order valence-corrected chi connectivity index (χ0v) is 11.6.